The minimum atomic E-state index is 0.410. The molecule has 1 aromatic carbocycles. The Kier molecular flexibility index (Phi) is 4.72. The fourth-order valence-corrected chi connectivity index (χ4v) is 4.15. The summed E-state index contributed by atoms with van der Waals surface area (Å²) in [7, 11) is 0. The molecule has 0 amide bonds. The number of fused-ring (bicyclic) bond motifs is 1. The van der Waals surface area contributed by atoms with Gasteiger partial charge >= 0.3 is 0 Å². The van der Waals surface area contributed by atoms with Crippen LogP contribution in [0.4, 0.5) is 0 Å². The molecule has 110 valence electrons. The standard InChI is InChI=1S/C18H27NS/c1-20-13-5-12-18(14-19-16-9-10-16)11-4-7-15-6-2-3-8-17(15)18/h2-3,6,8,16,19H,4-5,7,9-14H2,1H3. The van der Waals surface area contributed by atoms with Crippen molar-refractivity contribution in [2.75, 3.05) is 18.6 Å². The molecular formula is C18H27NS. The first kappa shape index (κ1) is 14.5. The first-order valence-corrected chi connectivity index (χ1v) is 9.54. The normalized spacial score (nSPS) is 25.4. The van der Waals surface area contributed by atoms with E-state index < -0.39 is 0 Å². The predicted molar refractivity (Wildman–Crippen MR) is 89.7 cm³/mol. The number of hydrogen-bond acceptors (Lipinski definition) is 2. The first-order valence-electron chi connectivity index (χ1n) is 8.15. The lowest BCUT2D eigenvalue weighted by Gasteiger charge is -2.40. The molecule has 1 unspecified atom stereocenters. The minimum Gasteiger partial charge on any atom is -0.313 e. The fraction of sp³-hybridized carbons (Fsp3) is 0.667. The SMILES string of the molecule is CSCCCC1(CNC2CC2)CCCc2ccccc21. The van der Waals surface area contributed by atoms with Crippen molar-refractivity contribution in [3.63, 3.8) is 0 Å². The molecule has 0 radical (unpaired) electrons. The summed E-state index contributed by atoms with van der Waals surface area (Å²) in [5.41, 5.74) is 3.67. The Morgan fingerprint density at radius 2 is 2.15 bits per heavy atom. The van der Waals surface area contributed by atoms with Crippen molar-refractivity contribution in [1.29, 1.82) is 0 Å². The fourth-order valence-electron chi connectivity index (χ4n) is 3.72. The van der Waals surface area contributed by atoms with E-state index in [4.69, 9.17) is 0 Å². The van der Waals surface area contributed by atoms with Crippen LogP contribution in [0.2, 0.25) is 0 Å². The zero-order valence-electron chi connectivity index (χ0n) is 12.7. The second kappa shape index (κ2) is 6.53. The molecule has 2 aliphatic carbocycles. The van der Waals surface area contributed by atoms with Crippen LogP contribution in [0.25, 0.3) is 0 Å². The third kappa shape index (κ3) is 3.23. The van der Waals surface area contributed by atoms with E-state index in [-0.39, 0.29) is 0 Å². The van der Waals surface area contributed by atoms with Crippen LogP contribution >= 0.6 is 11.8 Å². The number of hydrogen-bond donors (Lipinski definition) is 1. The maximum Gasteiger partial charge on any atom is 0.00810 e. The van der Waals surface area contributed by atoms with Crippen molar-refractivity contribution >= 4 is 11.8 Å². The largest absolute Gasteiger partial charge is 0.313 e. The molecule has 0 aliphatic heterocycles. The molecule has 1 aromatic rings. The Morgan fingerprint density at radius 3 is 2.95 bits per heavy atom. The Morgan fingerprint density at radius 1 is 1.30 bits per heavy atom. The highest BCUT2D eigenvalue weighted by Gasteiger charge is 2.37. The van der Waals surface area contributed by atoms with E-state index in [1.165, 1.54) is 57.2 Å². The van der Waals surface area contributed by atoms with Crippen LogP contribution < -0.4 is 5.32 Å². The maximum absolute atomic E-state index is 3.83. The van der Waals surface area contributed by atoms with E-state index in [0.29, 0.717) is 5.41 Å². The lowest BCUT2D eigenvalue weighted by molar-refractivity contribution is 0.313. The summed E-state index contributed by atoms with van der Waals surface area (Å²) in [6.07, 6.45) is 11.7. The summed E-state index contributed by atoms with van der Waals surface area (Å²) in [6, 6.07) is 10.0. The van der Waals surface area contributed by atoms with Gasteiger partial charge in [0.1, 0.15) is 0 Å². The van der Waals surface area contributed by atoms with E-state index in [2.05, 4.69) is 35.8 Å². The molecule has 2 heteroatoms. The number of thioether (sulfide) groups is 1. The van der Waals surface area contributed by atoms with E-state index >= 15 is 0 Å². The first-order chi connectivity index (χ1) is 9.84. The molecule has 1 N–H and O–H groups in total. The summed E-state index contributed by atoms with van der Waals surface area (Å²) >= 11 is 1.99. The predicted octanol–water partition coefficient (Wildman–Crippen LogP) is 4.16. The van der Waals surface area contributed by atoms with E-state index in [0.717, 1.165) is 6.04 Å². The monoisotopic (exact) mass is 289 g/mol. The topological polar surface area (TPSA) is 12.0 Å². The Labute approximate surface area is 127 Å². The van der Waals surface area contributed by atoms with Crippen LogP contribution in [0.1, 0.15) is 49.7 Å². The molecule has 0 saturated heterocycles. The molecule has 0 spiro atoms. The minimum absolute atomic E-state index is 0.410. The van der Waals surface area contributed by atoms with Crippen LogP contribution in [0, 0.1) is 0 Å². The molecular weight excluding hydrogens is 262 g/mol. The summed E-state index contributed by atoms with van der Waals surface area (Å²) < 4.78 is 0. The average molecular weight is 289 g/mol. The van der Waals surface area contributed by atoms with Gasteiger partial charge in [-0.15, -0.1) is 0 Å². The van der Waals surface area contributed by atoms with Gasteiger partial charge in [-0.2, -0.15) is 11.8 Å². The third-order valence-corrected chi connectivity index (χ3v) is 5.70. The van der Waals surface area contributed by atoms with Gasteiger partial charge in [0.05, 0.1) is 0 Å². The third-order valence-electron chi connectivity index (χ3n) is 5.00. The van der Waals surface area contributed by atoms with Crippen molar-refractivity contribution in [3.05, 3.63) is 35.4 Å². The van der Waals surface area contributed by atoms with Crippen LogP contribution in [-0.2, 0) is 11.8 Å². The lowest BCUT2D eigenvalue weighted by atomic mass is 9.67. The molecule has 1 nitrogen and oxygen atoms in total. The van der Waals surface area contributed by atoms with Crippen molar-refractivity contribution in [3.8, 4) is 0 Å². The number of benzene rings is 1. The quantitative estimate of drug-likeness (QED) is 0.757. The maximum atomic E-state index is 3.83. The second-order valence-electron chi connectivity index (χ2n) is 6.54. The molecule has 2 aliphatic rings. The summed E-state index contributed by atoms with van der Waals surface area (Å²) in [5, 5.41) is 3.83. The van der Waals surface area contributed by atoms with Gasteiger partial charge in [0, 0.05) is 18.0 Å². The van der Waals surface area contributed by atoms with Gasteiger partial charge in [0.2, 0.25) is 0 Å². The number of nitrogens with one attached hydrogen (secondary N) is 1. The highest BCUT2D eigenvalue weighted by atomic mass is 32.2. The van der Waals surface area contributed by atoms with Gasteiger partial charge in [-0.05, 0) is 68.1 Å². The van der Waals surface area contributed by atoms with Gasteiger partial charge in [-0.3, -0.25) is 0 Å². The zero-order valence-corrected chi connectivity index (χ0v) is 13.5. The highest BCUT2D eigenvalue weighted by Crippen LogP contribution is 2.41. The van der Waals surface area contributed by atoms with Gasteiger partial charge in [0.25, 0.3) is 0 Å². The van der Waals surface area contributed by atoms with Crippen LogP contribution in [-0.4, -0.2) is 24.6 Å². The van der Waals surface area contributed by atoms with Crippen molar-refractivity contribution in [1.82, 2.24) is 5.32 Å². The van der Waals surface area contributed by atoms with Crippen LogP contribution in [0.5, 0.6) is 0 Å². The molecule has 0 bridgehead atoms. The average Bonchev–Trinajstić information content (AvgIpc) is 3.30. The Bertz CT molecular complexity index is 441. The lowest BCUT2D eigenvalue weighted by Crippen LogP contribution is -2.42. The van der Waals surface area contributed by atoms with Crippen molar-refractivity contribution in [2.45, 2.75) is 56.4 Å². The van der Waals surface area contributed by atoms with Gasteiger partial charge in [-0.25, -0.2) is 0 Å². The molecule has 1 fully saturated rings. The van der Waals surface area contributed by atoms with Gasteiger partial charge < -0.3 is 5.32 Å². The molecule has 1 atom stereocenters. The van der Waals surface area contributed by atoms with Gasteiger partial charge in [0.15, 0.2) is 0 Å². The molecule has 20 heavy (non-hydrogen) atoms. The van der Waals surface area contributed by atoms with Crippen molar-refractivity contribution in [2.24, 2.45) is 0 Å². The second-order valence-corrected chi connectivity index (χ2v) is 7.53. The van der Waals surface area contributed by atoms with E-state index in [9.17, 15) is 0 Å². The van der Waals surface area contributed by atoms with Crippen LogP contribution in [0.15, 0.2) is 24.3 Å². The number of aryl methyl sites for hydroxylation is 1. The van der Waals surface area contributed by atoms with E-state index in [1.807, 2.05) is 11.8 Å². The molecule has 0 heterocycles. The Balaban J connectivity index is 1.80. The number of rotatable bonds is 7. The highest BCUT2D eigenvalue weighted by molar-refractivity contribution is 7.98. The summed E-state index contributed by atoms with van der Waals surface area (Å²) in [5.74, 6) is 1.30. The summed E-state index contributed by atoms with van der Waals surface area (Å²) in [4.78, 5) is 0. The smallest absolute Gasteiger partial charge is 0.00810 e. The van der Waals surface area contributed by atoms with Crippen molar-refractivity contribution < 1.29 is 0 Å². The molecule has 0 aromatic heterocycles. The molecule has 1 saturated carbocycles. The van der Waals surface area contributed by atoms with Gasteiger partial charge in [-0.1, -0.05) is 24.3 Å². The molecule has 3 rings (SSSR count). The summed E-state index contributed by atoms with van der Waals surface area (Å²) in [6.45, 7) is 1.20. The van der Waals surface area contributed by atoms with Crippen LogP contribution in [0.3, 0.4) is 0 Å². The van der Waals surface area contributed by atoms with E-state index in [1.54, 1.807) is 11.1 Å². The zero-order chi connectivity index (χ0) is 13.8. The Hall–Kier alpha value is -0.470.